The lowest BCUT2D eigenvalue weighted by molar-refractivity contribution is -0.711. The summed E-state index contributed by atoms with van der Waals surface area (Å²) in [6, 6.07) is 16.4. The molecule has 1 aliphatic rings. The van der Waals surface area contributed by atoms with Crippen LogP contribution in [-0.2, 0) is 9.59 Å². The van der Waals surface area contributed by atoms with Crippen molar-refractivity contribution in [2.45, 2.75) is 25.4 Å². The number of halogens is 1. The molecule has 0 saturated carbocycles. The number of quaternary nitrogens is 1. The minimum Gasteiger partial charge on any atom is -0.330 e. The molecular weight excluding hydrogens is 312 g/mol. The van der Waals surface area contributed by atoms with E-state index >= 15 is 0 Å². The lowest BCUT2D eigenvalue weighted by Gasteiger charge is -2.16. The first-order chi connectivity index (χ1) is 11.1. The number of hydrogen-bond donors (Lipinski definition) is 1. The van der Waals surface area contributed by atoms with Crippen LogP contribution in [0.15, 0.2) is 54.6 Å². The Balaban J connectivity index is 1.75. The summed E-state index contributed by atoms with van der Waals surface area (Å²) < 4.78 is 0. The van der Waals surface area contributed by atoms with Crippen LogP contribution in [0.2, 0.25) is 5.02 Å². The summed E-state index contributed by atoms with van der Waals surface area (Å²) in [4.78, 5) is 26.1. The molecule has 2 N–H and O–H groups in total. The van der Waals surface area contributed by atoms with Crippen LogP contribution in [0.5, 0.6) is 0 Å². The number of hydrogen-bond acceptors (Lipinski definition) is 2. The molecule has 2 aromatic carbocycles. The largest absolute Gasteiger partial charge is 0.330 e. The number of imide groups is 1. The van der Waals surface area contributed by atoms with E-state index < -0.39 is 0 Å². The van der Waals surface area contributed by atoms with E-state index in [0.29, 0.717) is 10.7 Å². The molecule has 1 fully saturated rings. The van der Waals surface area contributed by atoms with Gasteiger partial charge in [-0.15, -0.1) is 0 Å². The molecule has 118 valence electrons. The predicted octanol–water partition coefficient (Wildman–Crippen LogP) is 2.30. The quantitative estimate of drug-likeness (QED) is 0.875. The van der Waals surface area contributed by atoms with Gasteiger partial charge in [-0.3, -0.25) is 9.59 Å². The maximum absolute atomic E-state index is 12.6. The molecule has 4 nitrogen and oxygen atoms in total. The first-order valence-electron chi connectivity index (χ1n) is 7.58. The smallest absolute Gasteiger partial charge is 0.292 e. The predicted molar refractivity (Wildman–Crippen MR) is 89.1 cm³/mol. The lowest BCUT2D eigenvalue weighted by Crippen LogP contribution is -2.91. The molecule has 2 aromatic rings. The summed E-state index contributed by atoms with van der Waals surface area (Å²) in [5.41, 5.74) is 1.71. The molecule has 0 spiro atoms. The number of rotatable bonds is 4. The summed E-state index contributed by atoms with van der Waals surface area (Å²) in [5.74, 6) is -0.334. The molecule has 1 aliphatic heterocycles. The second-order valence-corrected chi connectivity index (χ2v) is 6.18. The van der Waals surface area contributed by atoms with E-state index in [9.17, 15) is 9.59 Å². The van der Waals surface area contributed by atoms with E-state index in [1.165, 1.54) is 4.90 Å². The van der Waals surface area contributed by atoms with Gasteiger partial charge < -0.3 is 5.32 Å². The first-order valence-corrected chi connectivity index (χ1v) is 7.96. The Labute approximate surface area is 140 Å². The summed E-state index contributed by atoms with van der Waals surface area (Å²) >= 11 is 5.86. The van der Waals surface area contributed by atoms with Crippen LogP contribution < -0.4 is 10.2 Å². The summed E-state index contributed by atoms with van der Waals surface area (Å²) in [7, 11) is 0. The standard InChI is InChI=1S/C18H17ClN2O2/c1-12(13-5-3-2-4-6-13)20-16-11-17(22)21(18(16)23)15-9-7-14(19)8-10-15/h2-10,12,16,20H,11H2,1H3/p+1/t12-,16-/m0/s1. The Morgan fingerprint density at radius 2 is 1.74 bits per heavy atom. The van der Waals surface area contributed by atoms with Crippen molar-refractivity contribution in [3.63, 3.8) is 0 Å². The van der Waals surface area contributed by atoms with Crippen molar-refractivity contribution in [3.8, 4) is 0 Å². The van der Waals surface area contributed by atoms with E-state index in [4.69, 9.17) is 11.6 Å². The second-order valence-electron chi connectivity index (χ2n) is 5.75. The summed E-state index contributed by atoms with van der Waals surface area (Å²) in [5, 5.41) is 2.54. The Morgan fingerprint density at radius 3 is 2.39 bits per heavy atom. The molecule has 2 amide bonds. The van der Waals surface area contributed by atoms with Crippen molar-refractivity contribution in [3.05, 3.63) is 65.2 Å². The van der Waals surface area contributed by atoms with Gasteiger partial charge in [-0.05, 0) is 31.2 Å². The molecule has 0 unspecified atom stereocenters. The molecule has 0 aromatic heterocycles. The van der Waals surface area contributed by atoms with Gasteiger partial charge in [-0.2, -0.15) is 0 Å². The third-order valence-electron chi connectivity index (χ3n) is 4.11. The van der Waals surface area contributed by atoms with Crippen LogP contribution in [0.1, 0.15) is 24.9 Å². The SMILES string of the molecule is C[C@H]([NH2+][C@H]1CC(=O)N(c2ccc(Cl)cc2)C1=O)c1ccccc1. The highest BCUT2D eigenvalue weighted by Gasteiger charge is 2.43. The van der Waals surface area contributed by atoms with Gasteiger partial charge in [-0.1, -0.05) is 41.9 Å². The van der Waals surface area contributed by atoms with Gasteiger partial charge in [-0.25, -0.2) is 4.90 Å². The van der Waals surface area contributed by atoms with Crippen molar-refractivity contribution < 1.29 is 14.9 Å². The van der Waals surface area contributed by atoms with Crippen LogP contribution >= 0.6 is 11.6 Å². The minimum atomic E-state index is -0.381. The van der Waals surface area contributed by atoms with Gasteiger partial charge >= 0.3 is 0 Å². The fourth-order valence-electron chi connectivity index (χ4n) is 2.88. The van der Waals surface area contributed by atoms with E-state index in [0.717, 1.165) is 5.56 Å². The lowest BCUT2D eigenvalue weighted by atomic mass is 10.1. The Bertz CT molecular complexity index is 716. The maximum Gasteiger partial charge on any atom is 0.292 e. The van der Waals surface area contributed by atoms with Crippen LogP contribution in [0.3, 0.4) is 0 Å². The zero-order valence-electron chi connectivity index (χ0n) is 12.8. The first kappa shape index (κ1) is 15.7. The van der Waals surface area contributed by atoms with E-state index in [1.54, 1.807) is 24.3 Å². The number of anilines is 1. The average Bonchev–Trinajstić information content (AvgIpc) is 2.83. The highest BCUT2D eigenvalue weighted by atomic mass is 35.5. The Kier molecular flexibility index (Phi) is 4.46. The van der Waals surface area contributed by atoms with Crippen LogP contribution in [-0.4, -0.2) is 17.9 Å². The Hall–Kier alpha value is -2.17. The van der Waals surface area contributed by atoms with E-state index in [1.807, 2.05) is 42.6 Å². The molecule has 0 aliphatic carbocycles. The number of carbonyl (C=O) groups is 2. The molecule has 5 heteroatoms. The number of nitrogens with zero attached hydrogens (tertiary/aromatic N) is 1. The second kappa shape index (κ2) is 6.52. The van der Waals surface area contributed by atoms with Crippen LogP contribution in [0.25, 0.3) is 0 Å². The molecule has 23 heavy (non-hydrogen) atoms. The monoisotopic (exact) mass is 329 g/mol. The topological polar surface area (TPSA) is 54.0 Å². The third-order valence-corrected chi connectivity index (χ3v) is 4.36. The molecule has 3 rings (SSSR count). The molecule has 2 atom stereocenters. The van der Waals surface area contributed by atoms with Crippen molar-refractivity contribution in [1.82, 2.24) is 0 Å². The van der Waals surface area contributed by atoms with E-state index in [-0.39, 0.29) is 30.3 Å². The molecule has 1 heterocycles. The van der Waals surface area contributed by atoms with Crippen molar-refractivity contribution in [2.75, 3.05) is 4.90 Å². The van der Waals surface area contributed by atoms with Gasteiger partial charge in [0.05, 0.1) is 12.1 Å². The molecule has 0 radical (unpaired) electrons. The Morgan fingerprint density at radius 1 is 1.09 bits per heavy atom. The van der Waals surface area contributed by atoms with Gasteiger partial charge in [0.2, 0.25) is 5.91 Å². The molecular formula is C18H18ClN2O2+. The van der Waals surface area contributed by atoms with E-state index in [2.05, 4.69) is 0 Å². The number of nitrogens with two attached hydrogens (primary N) is 1. The summed E-state index contributed by atoms with van der Waals surface area (Å²) in [6.45, 7) is 2.04. The van der Waals surface area contributed by atoms with Gasteiger partial charge in [0.15, 0.2) is 6.04 Å². The number of amides is 2. The third kappa shape index (κ3) is 3.28. The fraction of sp³-hybridized carbons (Fsp3) is 0.222. The number of carbonyl (C=O) groups excluding carboxylic acids is 2. The molecule has 0 bridgehead atoms. The minimum absolute atomic E-state index is 0.114. The van der Waals surface area contributed by atoms with Crippen LogP contribution in [0.4, 0.5) is 5.69 Å². The van der Waals surface area contributed by atoms with Crippen molar-refractivity contribution in [1.29, 1.82) is 0 Å². The maximum atomic E-state index is 12.6. The molecule has 1 saturated heterocycles. The number of benzene rings is 2. The van der Waals surface area contributed by atoms with Crippen molar-refractivity contribution in [2.24, 2.45) is 0 Å². The van der Waals surface area contributed by atoms with Gasteiger partial charge in [0.25, 0.3) is 5.91 Å². The summed E-state index contributed by atoms with van der Waals surface area (Å²) in [6.07, 6.45) is 0.221. The zero-order chi connectivity index (χ0) is 16.4. The van der Waals surface area contributed by atoms with Gasteiger partial charge in [0, 0.05) is 10.6 Å². The average molecular weight is 330 g/mol. The fourth-order valence-corrected chi connectivity index (χ4v) is 3.01. The van der Waals surface area contributed by atoms with Crippen LogP contribution in [0, 0.1) is 0 Å². The van der Waals surface area contributed by atoms with Gasteiger partial charge in [0.1, 0.15) is 6.04 Å². The normalized spacial score (nSPS) is 19.2. The highest BCUT2D eigenvalue weighted by molar-refractivity contribution is 6.30. The zero-order valence-corrected chi connectivity index (χ0v) is 13.5. The highest BCUT2D eigenvalue weighted by Crippen LogP contribution is 2.23. The van der Waals surface area contributed by atoms with Crippen molar-refractivity contribution >= 4 is 29.1 Å².